The van der Waals surface area contributed by atoms with Crippen LogP contribution >= 0.6 is 0 Å². The average molecular weight is 689 g/mol. The quantitative estimate of drug-likeness (QED) is 0.160. The van der Waals surface area contributed by atoms with Crippen LogP contribution in [0.25, 0.3) is 6.08 Å². The third-order valence-electron chi connectivity index (χ3n) is 7.48. The minimum atomic E-state index is -4.02. The molecule has 0 aliphatic carbocycles. The van der Waals surface area contributed by atoms with E-state index in [1.54, 1.807) is 19.1 Å². The molecule has 13 heteroatoms. The van der Waals surface area contributed by atoms with Gasteiger partial charge >= 0.3 is 0 Å². The maximum absolute atomic E-state index is 13.6. The first-order valence-electron chi connectivity index (χ1n) is 16.4. The smallest absolute Gasteiger partial charge is 0.294 e. The number of hydroxylamine groups is 1. The highest BCUT2D eigenvalue weighted by atomic mass is 32.2. The summed E-state index contributed by atoms with van der Waals surface area (Å²) in [6.07, 6.45) is 7.36. The highest BCUT2D eigenvalue weighted by Gasteiger charge is 2.35. The van der Waals surface area contributed by atoms with E-state index in [1.807, 2.05) is 70.2 Å². The Balaban J connectivity index is 0.000000613. The fraction of sp³-hybridized carbons (Fsp3) is 0.514. The average Bonchev–Trinajstić information content (AvgIpc) is 3.05. The molecule has 1 saturated heterocycles. The SMILES string of the molecule is CCCN(NC(=O)[C@H](CC(C)C)[C@H](C/C=C/c1ccccc1)C(=O)NOC1CCCCO1)C(=O)[C@@H](C)N.Cc1ccc(S(=O)(=O)O)cc1. The first-order chi connectivity index (χ1) is 22.7. The zero-order valence-electron chi connectivity index (χ0n) is 28.6. The van der Waals surface area contributed by atoms with Crippen molar-refractivity contribution in [2.75, 3.05) is 13.2 Å². The van der Waals surface area contributed by atoms with E-state index in [4.69, 9.17) is 19.9 Å². The number of hydrogen-bond acceptors (Lipinski definition) is 8. The van der Waals surface area contributed by atoms with E-state index in [-0.39, 0.29) is 16.7 Å². The number of ether oxygens (including phenoxy) is 1. The molecule has 266 valence electrons. The molecule has 0 radical (unpaired) electrons. The monoisotopic (exact) mass is 688 g/mol. The summed E-state index contributed by atoms with van der Waals surface area (Å²) in [5, 5.41) is 1.27. The van der Waals surface area contributed by atoms with Gasteiger partial charge in [0, 0.05) is 19.6 Å². The summed E-state index contributed by atoms with van der Waals surface area (Å²) in [6.45, 7) is 10.2. The van der Waals surface area contributed by atoms with Crippen LogP contribution in [0.15, 0.2) is 65.6 Å². The van der Waals surface area contributed by atoms with Crippen LogP contribution in [0.2, 0.25) is 0 Å². The van der Waals surface area contributed by atoms with E-state index in [0.717, 1.165) is 24.0 Å². The lowest BCUT2D eigenvalue weighted by molar-refractivity contribution is -0.203. The van der Waals surface area contributed by atoms with Gasteiger partial charge in [-0.2, -0.15) is 8.42 Å². The Morgan fingerprint density at radius 2 is 1.71 bits per heavy atom. The maximum Gasteiger partial charge on any atom is 0.294 e. The molecule has 2 aromatic rings. The van der Waals surface area contributed by atoms with Crippen LogP contribution in [0.1, 0.15) is 77.3 Å². The number of rotatable bonds is 14. The van der Waals surface area contributed by atoms with Crippen LogP contribution < -0.4 is 16.6 Å². The first-order valence-corrected chi connectivity index (χ1v) is 17.9. The Morgan fingerprint density at radius 3 is 2.25 bits per heavy atom. The first kappa shape index (κ1) is 40.6. The van der Waals surface area contributed by atoms with Crippen molar-refractivity contribution >= 4 is 33.9 Å². The second kappa shape index (κ2) is 20.7. The van der Waals surface area contributed by atoms with Crippen LogP contribution in [-0.2, 0) is 34.1 Å². The maximum atomic E-state index is 13.6. The highest BCUT2D eigenvalue weighted by molar-refractivity contribution is 7.85. The topological polar surface area (TPSA) is 177 Å². The normalized spacial score (nSPS) is 16.7. The largest absolute Gasteiger partial charge is 0.350 e. The Labute approximate surface area is 285 Å². The van der Waals surface area contributed by atoms with Gasteiger partial charge in [-0.05, 0) is 69.6 Å². The van der Waals surface area contributed by atoms with Crippen molar-refractivity contribution in [1.29, 1.82) is 0 Å². The van der Waals surface area contributed by atoms with E-state index in [0.29, 0.717) is 38.8 Å². The highest BCUT2D eigenvalue weighted by Crippen LogP contribution is 2.26. The molecular formula is C35H52N4O8S. The molecule has 3 amide bonds. The second-order valence-corrected chi connectivity index (χ2v) is 13.7. The predicted molar refractivity (Wildman–Crippen MR) is 184 cm³/mol. The molecule has 4 atom stereocenters. The Hall–Kier alpha value is -3.62. The van der Waals surface area contributed by atoms with Crippen molar-refractivity contribution in [3.05, 3.63) is 71.8 Å². The summed E-state index contributed by atoms with van der Waals surface area (Å²) in [5.41, 5.74) is 13.0. The number of hydrazine groups is 1. The summed E-state index contributed by atoms with van der Waals surface area (Å²) in [4.78, 5) is 45.0. The molecule has 0 saturated carbocycles. The van der Waals surface area contributed by atoms with Gasteiger partial charge in [0.15, 0.2) is 6.29 Å². The van der Waals surface area contributed by atoms with Gasteiger partial charge in [0.05, 0.1) is 22.8 Å². The summed E-state index contributed by atoms with van der Waals surface area (Å²) in [7, 11) is -4.02. The third-order valence-corrected chi connectivity index (χ3v) is 8.35. The molecule has 0 bridgehead atoms. The van der Waals surface area contributed by atoms with Gasteiger partial charge in [-0.15, -0.1) is 0 Å². The van der Waals surface area contributed by atoms with Crippen LogP contribution in [0, 0.1) is 24.7 Å². The van der Waals surface area contributed by atoms with E-state index in [1.165, 1.54) is 17.1 Å². The lowest BCUT2D eigenvalue weighted by Gasteiger charge is -2.31. The van der Waals surface area contributed by atoms with E-state index >= 15 is 0 Å². The van der Waals surface area contributed by atoms with Gasteiger partial charge in [0.2, 0.25) is 11.8 Å². The molecule has 1 fully saturated rings. The standard InChI is InChI=1S/C28H44N4O5.C7H8O3S/c1-5-17-32(28(35)21(4)29)30-26(33)24(19-20(2)3)23(15-11-14-22-12-7-6-8-13-22)27(34)31-37-25-16-9-10-18-36-25;1-6-2-4-7(5-3-6)11(8,9)10/h6-8,11-14,20-21,23-25H,5,9-10,15-19,29H2,1-4H3,(H,30,33)(H,31,34);2-5H,1H3,(H,8,9,10)/b14-11+;/t21-,23+,24-,25?;/m1./s1. The number of carbonyl (C=O) groups excluding carboxylic acids is 3. The Kier molecular flexibility index (Phi) is 17.5. The van der Waals surface area contributed by atoms with Gasteiger partial charge in [-0.25, -0.2) is 10.3 Å². The van der Waals surface area contributed by atoms with Crippen molar-refractivity contribution in [1.82, 2.24) is 15.9 Å². The van der Waals surface area contributed by atoms with Crippen molar-refractivity contribution in [3.63, 3.8) is 0 Å². The molecule has 12 nitrogen and oxygen atoms in total. The zero-order valence-corrected chi connectivity index (χ0v) is 29.4. The van der Waals surface area contributed by atoms with Crippen LogP contribution in [0.4, 0.5) is 0 Å². The lowest BCUT2D eigenvalue weighted by Crippen LogP contribution is -2.55. The minimum absolute atomic E-state index is 0.0666. The fourth-order valence-corrected chi connectivity index (χ4v) is 5.43. The van der Waals surface area contributed by atoms with Gasteiger partial charge in [0.1, 0.15) is 0 Å². The number of carbonyl (C=O) groups is 3. The third kappa shape index (κ3) is 14.7. The molecule has 5 N–H and O–H groups in total. The van der Waals surface area contributed by atoms with Crippen molar-refractivity contribution in [3.8, 4) is 0 Å². The van der Waals surface area contributed by atoms with Crippen LogP contribution in [0.5, 0.6) is 0 Å². The zero-order chi connectivity index (χ0) is 35.7. The van der Waals surface area contributed by atoms with Gasteiger partial charge in [-0.3, -0.25) is 29.4 Å². The Bertz CT molecular complexity index is 1410. The number of allylic oxidation sites excluding steroid dienone is 1. The molecule has 0 spiro atoms. The number of hydrogen-bond donors (Lipinski definition) is 4. The summed E-state index contributed by atoms with van der Waals surface area (Å²) < 4.78 is 35.1. The number of nitrogens with one attached hydrogen (secondary N) is 2. The molecule has 2 aromatic carbocycles. The summed E-state index contributed by atoms with van der Waals surface area (Å²) in [6, 6.07) is 15.0. The molecule has 3 rings (SSSR count). The number of benzene rings is 2. The van der Waals surface area contributed by atoms with Crippen molar-refractivity contribution in [2.24, 2.45) is 23.5 Å². The number of amides is 3. The fourth-order valence-electron chi connectivity index (χ4n) is 4.95. The van der Waals surface area contributed by atoms with Crippen molar-refractivity contribution in [2.45, 2.75) is 90.4 Å². The minimum Gasteiger partial charge on any atom is -0.350 e. The van der Waals surface area contributed by atoms with Crippen molar-refractivity contribution < 1.29 is 36.9 Å². The van der Waals surface area contributed by atoms with E-state index < -0.39 is 46.1 Å². The molecular weight excluding hydrogens is 636 g/mol. The van der Waals surface area contributed by atoms with Gasteiger partial charge in [0.25, 0.3) is 16.0 Å². The number of nitrogens with two attached hydrogens (primary N) is 1. The van der Waals surface area contributed by atoms with Gasteiger partial charge in [-0.1, -0.05) is 81.0 Å². The van der Waals surface area contributed by atoms with Crippen LogP contribution in [0.3, 0.4) is 0 Å². The lowest BCUT2D eigenvalue weighted by atomic mass is 9.82. The number of nitrogens with zero attached hydrogens (tertiary/aromatic N) is 1. The van der Waals surface area contributed by atoms with Crippen LogP contribution in [-0.4, -0.2) is 61.2 Å². The van der Waals surface area contributed by atoms with E-state index in [9.17, 15) is 22.8 Å². The molecule has 1 aliphatic rings. The predicted octanol–water partition coefficient (Wildman–Crippen LogP) is 4.80. The molecule has 1 aliphatic heterocycles. The molecule has 1 heterocycles. The second-order valence-electron chi connectivity index (χ2n) is 12.3. The molecule has 0 aromatic heterocycles. The Morgan fingerprint density at radius 1 is 1.04 bits per heavy atom. The van der Waals surface area contributed by atoms with Gasteiger partial charge < -0.3 is 10.5 Å². The molecule has 1 unspecified atom stereocenters. The summed E-state index contributed by atoms with van der Waals surface area (Å²) in [5.74, 6) is -2.44. The number of aryl methyl sites for hydroxylation is 1. The summed E-state index contributed by atoms with van der Waals surface area (Å²) >= 11 is 0. The molecule has 48 heavy (non-hydrogen) atoms. The van der Waals surface area contributed by atoms with E-state index in [2.05, 4.69) is 10.9 Å².